The average molecular weight is 343 g/mol. The van der Waals surface area contributed by atoms with Gasteiger partial charge in [-0.3, -0.25) is 14.5 Å². The van der Waals surface area contributed by atoms with Gasteiger partial charge in [-0.2, -0.15) is 0 Å². The highest BCUT2D eigenvalue weighted by Crippen LogP contribution is 2.26. The van der Waals surface area contributed by atoms with E-state index >= 15 is 0 Å². The van der Waals surface area contributed by atoms with Crippen LogP contribution in [0.15, 0.2) is 24.3 Å². The summed E-state index contributed by atoms with van der Waals surface area (Å²) >= 11 is 2.33. The topological polar surface area (TPSA) is 37.4 Å². The summed E-state index contributed by atoms with van der Waals surface area (Å²) in [6.07, 6.45) is 0.805. The van der Waals surface area contributed by atoms with Gasteiger partial charge in [-0.25, -0.2) is 0 Å². The van der Waals surface area contributed by atoms with Crippen molar-refractivity contribution < 1.29 is 9.59 Å². The molecule has 0 saturated heterocycles. The summed E-state index contributed by atoms with van der Waals surface area (Å²) in [6.45, 7) is 4.67. The van der Waals surface area contributed by atoms with Gasteiger partial charge in [0.05, 0.1) is 11.1 Å². The van der Waals surface area contributed by atoms with E-state index < -0.39 is 0 Å². The minimum Gasteiger partial charge on any atom is -0.274 e. The van der Waals surface area contributed by atoms with Crippen molar-refractivity contribution in [3.8, 4) is 0 Å². The fourth-order valence-corrected chi connectivity index (χ4v) is 2.06. The summed E-state index contributed by atoms with van der Waals surface area (Å²) in [5.41, 5.74) is 1.06. The number of carbonyl (C=O) groups excluding carboxylic acids is 2. The highest BCUT2D eigenvalue weighted by atomic mass is 127. The molecular weight excluding hydrogens is 329 g/mol. The first-order valence-corrected chi connectivity index (χ1v) is 6.62. The van der Waals surface area contributed by atoms with Crippen molar-refractivity contribution >= 4 is 34.4 Å². The van der Waals surface area contributed by atoms with Gasteiger partial charge >= 0.3 is 0 Å². The molecule has 0 fully saturated rings. The molecule has 1 heterocycles. The lowest BCUT2D eigenvalue weighted by Gasteiger charge is -2.20. The van der Waals surface area contributed by atoms with Crippen molar-refractivity contribution in [1.82, 2.24) is 4.90 Å². The van der Waals surface area contributed by atoms with Gasteiger partial charge in [0.1, 0.15) is 0 Å². The lowest BCUT2D eigenvalue weighted by atomic mass is 10.1. The summed E-state index contributed by atoms with van der Waals surface area (Å²) < 4.78 is 0.0904. The molecule has 1 aromatic carbocycles. The second-order valence-corrected chi connectivity index (χ2v) is 7.70. The lowest BCUT2D eigenvalue weighted by molar-refractivity contribution is 0.0650. The van der Waals surface area contributed by atoms with Gasteiger partial charge in [0.2, 0.25) is 0 Å². The van der Waals surface area contributed by atoms with Gasteiger partial charge in [0, 0.05) is 9.97 Å². The molecule has 1 aliphatic heterocycles. The summed E-state index contributed by atoms with van der Waals surface area (Å²) in [4.78, 5) is 25.4. The fraction of sp³-hybridized carbons (Fsp3) is 0.385. The molecule has 4 heteroatoms. The largest absolute Gasteiger partial charge is 0.274 e. The van der Waals surface area contributed by atoms with Gasteiger partial charge < -0.3 is 0 Å². The van der Waals surface area contributed by atoms with Crippen LogP contribution >= 0.6 is 22.6 Å². The summed E-state index contributed by atoms with van der Waals surface area (Å²) in [5.74, 6) is -0.322. The smallest absolute Gasteiger partial charge is 0.261 e. The van der Waals surface area contributed by atoms with E-state index in [2.05, 4.69) is 36.4 Å². The first-order valence-electron chi connectivity index (χ1n) is 5.54. The quantitative estimate of drug-likeness (QED) is 0.481. The maximum Gasteiger partial charge on any atom is 0.261 e. The molecule has 17 heavy (non-hydrogen) atoms. The molecule has 3 nitrogen and oxygen atoms in total. The number of amides is 2. The van der Waals surface area contributed by atoms with E-state index in [0.717, 1.165) is 6.42 Å². The van der Waals surface area contributed by atoms with Crippen molar-refractivity contribution in [3.05, 3.63) is 35.4 Å². The van der Waals surface area contributed by atoms with E-state index in [1.807, 2.05) is 0 Å². The monoisotopic (exact) mass is 343 g/mol. The van der Waals surface area contributed by atoms with E-state index in [-0.39, 0.29) is 15.2 Å². The van der Waals surface area contributed by atoms with Gasteiger partial charge in [0.25, 0.3) is 11.8 Å². The van der Waals surface area contributed by atoms with Crippen molar-refractivity contribution in [2.75, 3.05) is 6.54 Å². The highest BCUT2D eigenvalue weighted by molar-refractivity contribution is 14.1. The van der Waals surface area contributed by atoms with Crippen molar-refractivity contribution in [3.63, 3.8) is 0 Å². The molecule has 2 amide bonds. The zero-order valence-corrected chi connectivity index (χ0v) is 12.0. The first-order chi connectivity index (χ1) is 7.90. The molecule has 90 valence electrons. The molecule has 0 aliphatic carbocycles. The second kappa shape index (κ2) is 4.40. The number of hydrogen-bond donors (Lipinski definition) is 0. The van der Waals surface area contributed by atoms with Gasteiger partial charge in [-0.05, 0) is 18.6 Å². The number of benzene rings is 1. The number of rotatable bonds is 3. The SMILES string of the molecule is CC(C)(I)CCN1C(=O)c2ccccc2C1=O. The van der Waals surface area contributed by atoms with Gasteiger partial charge in [0.15, 0.2) is 0 Å². The highest BCUT2D eigenvalue weighted by Gasteiger charge is 2.35. The average Bonchev–Trinajstić information content (AvgIpc) is 2.49. The van der Waals surface area contributed by atoms with E-state index in [9.17, 15) is 9.59 Å². The third-order valence-electron chi connectivity index (χ3n) is 2.81. The molecular formula is C13H14INO2. The van der Waals surface area contributed by atoms with E-state index in [1.165, 1.54) is 4.90 Å². The molecule has 0 unspecified atom stereocenters. The molecule has 1 aromatic rings. The van der Waals surface area contributed by atoms with Crippen LogP contribution in [0.1, 0.15) is 41.0 Å². The second-order valence-electron chi connectivity index (χ2n) is 4.78. The summed E-state index contributed by atoms with van der Waals surface area (Å²) in [6, 6.07) is 7.00. The van der Waals surface area contributed by atoms with Crippen molar-refractivity contribution in [2.45, 2.75) is 23.7 Å². The Balaban J connectivity index is 2.19. The van der Waals surface area contributed by atoms with Crippen LogP contribution in [0.25, 0.3) is 0 Å². The molecule has 0 spiro atoms. The number of nitrogens with zero attached hydrogens (tertiary/aromatic N) is 1. The van der Waals surface area contributed by atoms with Crippen LogP contribution in [0, 0.1) is 0 Å². The molecule has 0 bridgehead atoms. The normalized spacial score (nSPS) is 15.4. The summed E-state index contributed by atoms with van der Waals surface area (Å²) in [7, 11) is 0. The molecule has 2 rings (SSSR count). The van der Waals surface area contributed by atoms with Crippen LogP contribution in [0.5, 0.6) is 0 Å². The lowest BCUT2D eigenvalue weighted by Crippen LogP contribution is -2.33. The van der Waals surface area contributed by atoms with Crippen LogP contribution in [0.4, 0.5) is 0 Å². The zero-order chi connectivity index (χ0) is 12.6. The van der Waals surface area contributed by atoms with E-state index in [0.29, 0.717) is 17.7 Å². The Bertz CT molecular complexity index is 442. The molecule has 0 aromatic heterocycles. The maximum atomic E-state index is 12.0. The van der Waals surface area contributed by atoms with Crippen LogP contribution in [0.2, 0.25) is 0 Å². The Labute approximate surface area is 114 Å². The van der Waals surface area contributed by atoms with E-state index in [1.54, 1.807) is 24.3 Å². The van der Waals surface area contributed by atoms with E-state index in [4.69, 9.17) is 0 Å². The molecule has 0 atom stereocenters. The number of imide groups is 1. The van der Waals surface area contributed by atoms with Crippen LogP contribution in [-0.2, 0) is 0 Å². The minimum atomic E-state index is -0.161. The number of fused-ring (bicyclic) bond motifs is 1. The number of carbonyl (C=O) groups is 2. The molecule has 0 N–H and O–H groups in total. The van der Waals surface area contributed by atoms with Crippen molar-refractivity contribution in [2.24, 2.45) is 0 Å². The standard InChI is InChI=1S/C13H14INO2/c1-13(2,14)7-8-15-11(16)9-5-3-4-6-10(9)12(15)17/h3-6H,7-8H2,1-2H3. The predicted molar refractivity (Wildman–Crippen MR) is 74.5 cm³/mol. The predicted octanol–water partition coefficient (Wildman–Crippen LogP) is 2.89. The van der Waals surface area contributed by atoms with Gasteiger partial charge in [-0.15, -0.1) is 0 Å². The Morgan fingerprint density at radius 3 is 2.00 bits per heavy atom. The number of halogens is 1. The third kappa shape index (κ3) is 2.51. The number of alkyl halides is 1. The third-order valence-corrected chi connectivity index (χ3v) is 3.35. The number of hydrogen-bond acceptors (Lipinski definition) is 2. The minimum absolute atomic E-state index is 0.0904. The first kappa shape index (κ1) is 12.5. The Kier molecular flexibility index (Phi) is 3.25. The Morgan fingerprint density at radius 1 is 1.12 bits per heavy atom. The Morgan fingerprint density at radius 2 is 1.59 bits per heavy atom. The Hall–Kier alpha value is -0.910. The molecule has 0 saturated carbocycles. The van der Waals surface area contributed by atoms with Crippen LogP contribution in [-0.4, -0.2) is 26.7 Å². The van der Waals surface area contributed by atoms with Gasteiger partial charge in [-0.1, -0.05) is 48.6 Å². The maximum absolute atomic E-state index is 12.0. The zero-order valence-electron chi connectivity index (χ0n) is 9.87. The van der Waals surface area contributed by atoms with Crippen molar-refractivity contribution in [1.29, 1.82) is 0 Å². The van der Waals surface area contributed by atoms with Crippen LogP contribution in [0.3, 0.4) is 0 Å². The molecule has 1 aliphatic rings. The molecule has 0 radical (unpaired) electrons. The fourth-order valence-electron chi connectivity index (χ4n) is 1.82. The van der Waals surface area contributed by atoms with Crippen LogP contribution < -0.4 is 0 Å². The summed E-state index contributed by atoms with van der Waals surface area (Å²) in [5, 5.41) is 0.